The highest BCUT2D eigenvalue weighted by atomic mass is 19.1. The molecule has 0 radical (unpaired) electrons. The summed E-state index contributed by atoms with van der Waals surface area (Å²) in [4.78, 5) is 0. The van der Waals surface area contributed by atoms with Gasteiger partial charge in [0.15, 0.2) is 0 Å². The molecule has 0 fully saturated rings. The third kappa shape index (κ3) is 2.84. The second kappa shape index (κ2) is 5.60. The molecule has 1 unspecified atom stereocenters. The lowest BCUT2D eigenvalue weighted by Crippen LogP contribution is -2.16. The van der Waals surface area contributed by atoms with Crippen LogP contribution in [0.2, 0.25) is 0 Å². The van der Waals surface area contributed by atoms with Crippen LogP contribution < -0.4 is 5.32 Å². The number of aliphatic hydroxyl groups excluding tert-OH is 1. The zero-order valence-electron chi connectivity index (χ0n) is 9.61. The van der Waals surface area contributed by atoms with E-state index in [4.69, 9.17) is 0 Å². The van der Waals surface area contributed by atoms with Crippen molar-refractivity contribution in [2.24, 2.45) is 0 Å². The maximum Gasteiger partial charge on any atom is 0.128 e. The van der Waals surface area contributed by atoms with Crippen molar-refractivity contribution < 1.29 is 13.9 Å². The van der Waals surface area contributed by atoms with Gasteiger partial charge in [-0.15, -0.1) is 0 Å². The largest absolute Gasteiger partial charge is 0.394 e. The Bertz CT molecular complexity index is 531. The molecule has 0 aliphatic carbocycles. The monoisotopic (exact) mass is 249 g/mol. The van der Waals surface area contributed by atoms with Crippen molar-refractivity contribution in [3.05, 3.63) is 65.7 Å². The van der Waals surface area contributed by atoms with E-state index in [2.05, 4.69) is 5.32 Å². The van der Waals surface area contributed by atoms with Crippen LogP contribution in [-0.4, -0.2) is 11.7 Å². The molecule has 0 saturated heterocycles. The second-order valence-corrected chi connectivity index (χ2v) is 3.91. The highest BCUT2D eigenvalue weighted by Gasteiger charge is 2.14. The van der Waals surface area contributed by atoms with Crippen molar-refractivity contribution in [1.29, 1.82) is 0 Å². The Morgan fingerprint density at radius 1 is 1.06 bits per heavy atom. The molecule has 0 aliphatic heterocycles. The Morgan fingerprint density at radius 3 is 2.50 bits per heavy atom. The van der Waals surface area contributed by atoms with Crippen molar-refractivity contribution in [2.45, 2.75) is 6.04 Å². The fourth-order valence-electron chi connectivity index (χ4n) is 1.76. The number of hydrogen-bond acceptors (Lipinski definition) is 2. The first-order valence-electron chi connectivity index (χ1n) is 5.58. The molecule has 2 aromatic rings. The van der Waals surface area contributed by atoms with E-state index in [9.17, 15) is 13.9 Å². The summed E-state index contributed by atoms with van der Waals surface area (Å²) in [6.07, 6.45) is 0. The lowest BCUT2D eigenvalue weighted by molar-refractivity contribution is 0.274. The average Bonchev–Trinajstić information content (AvgIpc) is 2.37. The summed E-state index contributed by atoms with van der Waals surface area (Å²) in [5, 5.41) is 12.2. The number of aliphatic hydroxyl groups is 1. The normalized spacial score (nSPS) is 12.2. The van der Waals surface area contributed by atoms with E-state index in [0.717, 1.165) is 0 Å². The third-order valence-electron chi connectivity index (χ3n) is 2.63. The molecular weight excluding hydrogens is 236 g/mol. The minimum Gasteiger partial charge on any atom is -0.394 e. The van der Waals surface area contributed by atoms with Gasteiger partial charge in [-0.2, -0.15) is 0 Å². The van der Waals surface area contributed by atoms with E-state index >= 15 is 0 Å². The Balaban J connectivity index is 2.23. The van der Waals surface area contributed by atoms with Gasteiger partial charge in [-0.25, -0.2) is 8.78 Å². The van der Waals surface area contributed by atoms with Crippen molar-refractivity contribution >= 4 is 5.69 Å². The molecule has 94 valence electrons. The predicted molar refractivity (Wildman–Crippen MR) is 66.2 cm³/mol. The molecule has 1 atom stereocenters. The first kappa shape index (κ1) is 12.5. The van der Waals surface area contributed by atoms with Gasteiger partial charge in [0, 0.05) is 11.3 Å². The van der Waals surface area contributed by atoms with Gasteiger partial charge in [0.1, 0.15) is 11.6 Å². The van der Waals surface area contributed by atoms with Crippen LogP contribution in [-0.2, 0) is 0 Å². The first-order valence-corrected chi connectivity index (χ1v) is 5.58. The summed E-state index contributed by atoms with van der Waals surface area (Å²) >= 11 is 0. The van der Waals surface area contributed by atoms with Crippen LogP contribution in [0.25, 0.3) is 0 Å². The maximum atomic E-state index is 13.6. The Morgan fingerprint density at radius 2 is 1.83 bits per heavy atom. The van der Waals surface area contributed by atoms with Gasteiger partial charge < -0.3 is 10.4 Å². The van der Waals surface area contributed by atoms with E-state index < -0.39 is 11.9 Å². The lowest BCUT2D eigenvalue weighted by Gasteiger charge is -2.18. The minimum atomic E-state index is -0.604. The standard InChI is InChI=1S/C14H13F2NO/c15-10-4-3-5-11(8-10)17-14(9-18)12-6-1-2-7-13(12)16/h1-8,14,17-18H,9H2. The van der Waals surface area contributed by atoms with Crippen LogP contribution in [0.3, 0.4) is 0 Å². The van der Waals surface area contributed by atoms with Crippen LogP contribution in [0, 0.1) is 11.6 Å². The topological polar surface area (TPSA) is 32.3 Å². The third-order valence-corrected chi connectivity index (χ3v) is 2.63. The summed E-state index contributed by atoms with van der Waals surface area (Å²) in [5.41, 5.74) is 0.849. The number of halogens is 2. The molecule has 4 heteroatoms. The van der Waals surface area contributed by atoms with E-state index in [1.807, 2.05) is 0 Å². The summed E-state index contributed by atoms with van der Waals surface area (Å²) in [6, 6.07) is 11.4. The van der Waals surface area contributed by atoms with Gasteiger partial charge in [0.25, 0.3) is 0 Å². The van der Waals surface area contributed by atoms with Crippen LogP contribution >= 0.6 is 0 Å². The summed E-state index contributed by atoms with van der Waals surface area (Å²) in [6.45, 7) is -0.280. The SMILES string of the molecule is OCC(Nc1cccc(F)c1)c1ccccc1F. The fourth-order valence-corrected chi connectivity index (χ4v) is 1.76. The van der Waals surface area contributed by atoms with Crippen LogP contribution in [0.4, 0.5) is 14.5 Å². The zero-order valence-corrected chi connectivity index (χ0v) is 9.61. The summed E-state index contributed by atoms with van der Waals surface area (Å²) in [7, 11) is 0. The molecule has 0 aromatic heterocycles. The molecule has 2 N–H and O–H groups in total. The maximum absolute atomic E-state index is 13.6. The van der Waals surface area contributed by atoms with E-state index in [-0.39, 0.29) is 12.4 Å². The molecule has 2 aromatic carbocycles. The van der Waals surface area contributed by atoms with Crippen LogP contribution in [0.15, 0.2) is 48.5 Å². The molecular formula is C14H13F2NO. The van der Waals surface area contributed by atoms with Gasteiger partial charge in [-0.05, 0) is 24.3 Å². The minimum absolute atomic E-state index is 0.280. The molecule has 0 spiro atoms. The van der Waals surface area contributed by atoms with Gasteiger partial charge in [0.05, 0.1) is 12.6 Å². The van der Waals surface area contributed by atoms with Gasteiger partial charge in [0.2, 0.25) is 0 Å². The molecule has 0 bridgehead atoms. The smallest absolute Gasteiger partial charge is 0.128 e. The van der Waals surface area contributed by atoms with Crippen molar-refractivity contribution in [1.82, 2.24) is 0 Å². The predicted octanol–water partition coefficient (Wildman–Crippen LogP) is 3.11. The highest BCUT2D eigenvalue weighted by Crippen LogP contribution is 2.22. The molecule has 2 rings (SSSR count). The van der Waals surface area contributed by atoms with Gasteiger partial charge >= 0.3 is 0 Å². The fraction of sp³-hybridized carbons (Fsp3) is 0.143. The average molecular weight is 249 g/mol. The van der Waals surface area contributed by atoms with Crippen LogP contribution in [0.1, 0.15) is 11.6 Å². The van der Waals surface area contributed by atoms with Crippen molar-refractivity contribution in [2.75, 3.05) is 11.9 Å². The lowest BCUT2D eigenvalue weighted by atomic mass is 10.1. The van der Waals surface area contributed by atoms with Gasteiger partial charge in [-0.1, -0.05) is 24.3 Å². The Hall–Kier alpha value is -1.94. The van der Waals surface area contributed by atoms with E-state index in [1.165, 1.54) is 18.2 Å². The molecule has 0 heterocycles. The van der Waals surface area contributed by atoms with Crippen LogP contribution in [0.5, 0.6) is 0 Å². The number of benzene rings is 2. The number of hydrogen-bond donors (Lipinski definition) is 2. The van der Waals surface area contributed by atoms with E-state index in [0.29, 0.717) is 11.3 Å². The molecule has 2 nitrogen and oxygen atoms in total. The number of anilines is 1. The van der Waals surface area contributed by atoms with Crippen molar-refractivity contribution in [3.8, 4) is 0 Å². The number of nitrogens with one attached hydrogen (secondary N) is 1. The Kier molecular flexibility index (Phi) is 3.89. The van der Waals surface area contributed by atoms with Gasteiger partial charge in [-0.3, -0.25) is 0 Å². The zero-order chi connectivity index (χ0) is 13.0. The van der Waals surface area contributed by atoms with Crippen molar-refractivity contribution in [3.63, 3.8) is 0 Å². The molecule has 18 heavy (non-hydrogen) atoms. The number of rotatable bonds is 4. The highest BCUT2D eigenvalue weighted by molar-refractivity contribution is 5.45. The Labute approximate surface area is 104 Å². The first-order chi connectivity index (χ1) is 8.70. The summed E-state index contributed by atoms with van der Waals surface area (Å²) < 4.78 is 26.6. The molecule has 0 aliphatic rings. The molecule has 0 saturated carbocycles. The molecule has 0 amide bonds. The second-order valence-electron chi connectivity index (χ2n) is 3.91. The van der Waals surface area contributed by atoms with E-state index in [1.54, 1.807) is 30.3 Å². The quantitative estimate of drug-likeness (QED) is 0.872. The summed E-state index contributed by atoms with van der Waals surface area (Å²) in [5.74, 6) is -0.786.